The molecule has 0 saturated heterocycles. The van der Waals surface area contributed by atoms with Crippen LogP contribution in [0.1, 0.15) is 22.8 Å². The lowest BCUT2D eigenvalue weighted by Crippen LogP contribution is -2.05. The van der Waals surface area contributed by atoms with Crippen LogP contribution in [0.3, 0.4) is 0 Å². The average molecular weight is 277 g/mol. The van der Waals surface area contributed by atoms with Gasteiger partial charge in [-0.2, -0.15) is 0 Å². The molecule has 0 aliphatic carbocycles. The molecular formula is C15H13F2NO2. The topological polar surface area (TPSA) is 52.3 Å². The van der Waals surface area contributed by atoms with Crippen molar-refractivity contribution in [1.29, 1.82) is 0 Å². The Bertz CT molecular complexity index is 656. The molecule has 3 nitrogen and oxygen atoms in total. The second-order valence-corrected chi connectivity index (χ2v) is 4.14. The van der Waals surface area contributed by atoms with Crippen molar-refractivity contribution in [3.05, 3.63) is 59.2 Å². The predicted octanol–water partition coefficient (Wildman–Crippen LogP) is 3.18. The highest BCUT2D eigenvalue weighted by molar-refractivity contribution is 6.09. The van der Waals surface area contributed by atoms with Crippen LogP contribution in [0.4, 0.5) is 14.5 Å². The van der Waals surface area contributed by atoms with E-state index in [1.54, 1.807) is 6.07 Å². The van der Waals surface area contributed by atoms with E-state index in [2.05, 4.69) is 0 Å². The standard InChI is InChI=1S/C15H13F2NO2/c1-2-20-14-6-4-10(8-13(14)18)15(19)9-3-5-11(16)12(17)7-9/h3-8H,2,18H2,1H3. The maximum absolute atomic E-state index is 13.1. The summed E-state index contributed by atoms with van der Waals surface area (Å²) in [5.74, 6) is -2.00. The number of ether oxygens (including phenoxy) is 1. The molecule has 0 saturated carbocycles. The van der Waals surface area contributed by atoms with Crippen molar-refractivity contribution < 1.29 is 18.3 Å². The van der Waals surface area contributed by atoms with Gasteiger partial charge >= 0.3 is 0 Å². The van der Waals surface area contributed by atoms with E-state index < -0.39 is 17.4 Å². The van der Waals surface area contributed by atoms with Gasteiger partial charge in [0.2, 0.25) is 0 Å². The summed E-state index contributed by atoms with van der Waals surface area (Å²) < 4.78 is 31.2. The lowest BCUT2D eigenvalue weighted by Gasteiger charge is -2.08. The number of nitrogens with two attached hydrogens (primary N) is 1. The van der Waals surface area contributed by atoms with Gasteiger partial charge in [-0.25, -0.2) is 8.78 Å². The first-order chi connectivity index (χ1) is 9.52. The largest absolute Gasteiger partial charge is 0.492 e. The Morgan fingerprint density at radius 3 is 2.35 bits per heavy atom. The van der Waals surface area contributed by atoms with Crippen LogP contribution in [0, 0.1) is 11.6 Å². The summed E-state index contributed by atoms with van der Waals surface area (Å²) in [7, 11) is 0. The summed E-state index contributed by atoms with van der Waals surface area (Å²) in [4.78, 5) is 12.1. The fraction of sp³-hybridized carbons (Fsp3) is 0.133. The molecule has 0 radical (unpaired) electrons. The molecule has 0 aliphatic heterocycles. The number of nitrogen functional groups attached to an aromatic ring is 1. The molecule has 0 atom stereocenters. The zero-order chi connectivity index (χ0) is 14.7. The smallest absolute Gasteiger partial charge is 0.193 e. The number of carbonyl (C=O) groups excluding carboxylic acids is 1. The molecule has 2 aromatic carbocycles. The van der Waals surface area contributed by atoms with Gasteiger partial charge in [0.15, 0.2) is 17.4 Å². The highest BCUT2D eigenvalue weighted by atomic mass is 19.2. The zero-order valence-corrected chi connectivity index (χ0v) is 10.8. The lowest BCUT2D eigenvalue weighted by atomic mass is 10.0. The van der Waals surface area contributed by atoms with E-state index in [1.807, 2.05) is 6.92 Å². The Morgan fingerprint density at radius 1 is 1.10 bits per heavy atom. The maximum Gasteiger partial charge on any atom is 0.193 e. The second kappa shape index (κ2) is 5.69. The Kier molecular flexibility index (Phi) is 3.98. The molecule has 0 spiro atoms. The fourth-order valence-corrected chi connectivity index (χ4v) is 1.78. The monoisotopic (exact) mass is 277 g/mol. The molecule has 0 aliphatic rings. The van der Waals surface area contributed by atoms with E-state index in [4.69, 9.17) is 10.5 Å². The first-order valence-electron chi connectivity index (χ1n) is 6.05. The molecule has 0 unspecified atom stereocenters. The predicted molar refractivity (Wildman–Crippen MR) is 71.8 cm³/mol. The van der Waals surface area contributed by atoms with Crippen LogP contribution in [-0.2, 0) is 0 Å². The number of halogens is 2. The van der Waals surface area contributed by atoms with E-state index >= 15 is 0 Å². The van der Waals surface area contributed by atoms with Crippen LogP contribution >= 0.6 is 0 Å². The van der Waals surface area contributed by atoms with Crippen molar-refractivity contribution in [3.8, 4) is 5.75 Å². The summed E-state index contributed by atoms with van der Waals surface area (Å²) in [6.07, 6.45) is 0. The molecule has 0 heterocycles. The number of carbonyl (C=O) groups is 1. The average Bonchev–Trinajstić information content (AvgIpc) is 2.43. The van der Waals surface area contributed by atoms with Crippen LogP contribution in [0.15, 0.2) is 36.4 Å². The van der Waals surface area contributed by atoms with Crippen molar-refractivity contribution >= 4 is 11.5 Å². The maximum atomic E-state index is 13.1. The van der Waals surface area contributed by atoms with Gasteiger partial charge in [0.05, 0.1) is 12.3 Å². The van der Waals surface area contributed by atoms with Gasteiger partial charge < -0.3 is 10.5 Å². The SMILES string of the molecule is CCOc1ccc(C(=O)c2ccc(F)c(F)c2)cc1N. The molecule has 0 amide bonds. The van der Waals surface area contributed by atoms with Crippen LogP contribution in [0.5, 0.6) is 5.75 Å². The van der Waals surface area contributed by atoms with Crippen LogP contribution < -0.4 is 10.5 Å². The molecule has 0 bridgehead atoms. The number of anilines is 1. The molecule has 2 aromatic rings. The Balaban J connectivity index is 2.33. The third-order valence-electron chi connectivity index (χ3n) is 2.75. The van der Waals surface area contributed by atoms with Crippen molar-refractivity contribution in [2.45, 2.75) is 6.92 Å². The van der Waals surface area contributed by atoms with Crippen molar-refractivity contribution in [1.82, 2.24) is 0 Å². The van der Waals surface area contributed by atoms with Crippen molar-refractivity contribution in [2.75, 3.05) is 12.3 Å². The van der Waals surface area contributed by atoms with E-state index in [9.17, 15) is 13.6 Å². The fourth-order valence-electron chi connectivity index (χ4n) is 1.78. The lowest BCUT2D eigenvalue weighted by molar-refractivity contribution is 0.103. The molecule has 5 heteroatoms. The second-order valence-electron chi connectivity index (χ2n) is 4.14. The van der Waals surface area contributed by atoms with Crippen molar-refractivity contribution in [3.63, 3.8) is 0 Å². The van der Waals surface area contributed by atoms with Gasteiger partial charge in [-0.15, -0.1) is 0 Å². The van der Waals surface area contributed by atoms with E-state index in [0.717, 1.165) is 12.1 Å². The van der Waals surface area contributed by atoms with Crippen LogP contribution in [-0.4, -0.2) is 12.4 Å². The third-order valence-corrected chi connectivity index (χ3v) is 2.75. The Morgan fingerprint density at radius 2 is 1.75 bits per heavy atom. The summed E-state index contributed by atoms with van der Waals surface area (Å²) in [5, 5.41) is 0. The highest BCUT2D eigenvalue weighted by Gasteiger charge is 2.13. The van der Waals surface area contributed by atoms with E-state index in [1.165, 1.54) is 18.2 Å². The van der Waals surface area contributed by atoms with Crippen LogP contribution in [0.2, 0.25) is 0 Å². The molecule has 104 valence electrons. The third kappa shape index (κ3) is 2.77. The van der Waals surface area contributed by atoms with Gasteiger partial charge in [0.1, 0.15) is 5.75 Å². The van der Waals surface area contributed by atoms with Gasteiger partial charge in [0, 0.05) is 11.1 Å². The van der Waals surface area contributed by atoms with Gasteiger partial charge in [-0.1, -0.05) is 0 Å². The number of hydrogen-bond donors (Lipinski definition) is 1. The van der Waals surface area contributed by atoms with Gasteiger partial charge in [0.25, 0.3) is 0 Å². The van der Waals surface area contributed by atoms with Crippen LogP contribution in [0.25, 0.3) is 0 Å². The summed E-state index contributed by atoms with van der Waals surface area (Å²) in [6.45, 7) is 2.28. The minimum atomic E-state index is -1.06. The summed E-state index contributed by atoms with van der Waals surface area (Å²) in [5.41, 5.74) is 6.44. The normalized spacial score (nSPS) is 10.3. The minimum absolute atomic E-state index is 0.0625. The summed E-state index contributed by atoms with van der Waals surface area (Å²) >= 11 is 0. The molecule has 0 fully saturated rings. The van der Waals surface area contributed by atoms with E-state index in [-0.39, 0.29) is 11.1 Å². The Hall–Kier alpha value is -2.43. The van der Waals surface area contributed by atoms with Gasteiger partial charge in [-0.05, 0) is 43.3 Å². The number of rotatable bonds is 4. The number of ketones is 1. The molecule has 0 aromatic heterocycles. The van der Waals surface area contributed by atoms with Gasteiger partial charge in [-0.3, -0.25) is 4.79 Å². The minimum Gasteiger partial charge on any atom is -0.492 e. The van der Waals surface area contributed by atoms with Crippen molar-refractivity contribution in [2.24, 2.45) is 0 Å². The quantitative estimate of drug-likeness (QED) is 0.689. The molecule has 20 heavy (non-hydrogen) atoms. The first kappa shape index (κ1) is 14.0. The number of hydrogen-bond acceptors (Lipinski definition) is 3. The molecule has 2 N–H and O–H groups in total. The number of benzene rings is 2. The first-order valence-corrected chi connectivity index (χ1v) is 6.05. The Labute approximate surface area is 115 Å². The molecule has 2 rings (SSSR count). The molecular weight excluding hydrogens is 264 g/mol. The zero-order valence-electron chi connectivity index (χ0n) is 10.8. The highest BCUT2D eigenvalue weighted by Crippen LogP contribution is 2.24. The summed E-state index contributed by atoms with van der Waals surface area (Å²) in [6, 6.07) is 7.57. The van der Waals surface area contributed by atoms with E-state index in [0.29, 0.717) is 18.0 Å².